The number of hydrogen-bond acceptors (Lipinski definition) is 2. The Balaban J connectivity index is 1.88. The zero-order valence-corrected chi connectivity index (χ0v) is 12.7. The molecule has 0 heterocycles. The number of hydrogen-bond donors (Lipinski definition) is 1. The van der Waals surface area contributed by atoms with Crippen LogP contribution >= 0.6 is 0 Å². The molecule has 1 N–H and O–H groups in total. The van der Waals surface area contributed by atoms with Gasteiger partial charge in [-0.25, -0.2) is 5.43 Å². The van der Waals surface area contributed by atoms with E-state index in [-0.39, 0.29) is 5.91 Å². The third kappa shape index (κ3) is 8.79. The summed E-state index contributed by atoms with van der Waals surface area (Å²) in [6.07, 6.45) is 13.2. The Hall–Kier alpha value is -0.860. The molecule has 3 heteroatoms. The number of amides is 1. The molecule has 0 unspecified atom stereocenters. The number of carbonyl (C=O) groups excluding carboxylic acids is 1. The van der Waals surface area contributed by atoms with Crippen molar-refractivity contribution < 1.29 is 4.79 Å². The van der Waals surface area contributed by atoms with Crippen LogP contribution in [0.1, 0.15) is 84.5 Å². The first-order valence-electron chi connectivity index (χ1n) is 8.07. The lowest BCUT2D eigenvalue weighted by atomic mass is 10.1. The average Bonchev–Trinajstić information content (AvgIpc) is 3.23. The molecule has 1 amide bonds. The molecule has 1 aliphatic rings. The van der Waals surface area contributed by atoms with E-state index in [0.29, 0.717) is 12.3 Å². The van der Waals surface area contributed by atoms with E-state index in [1.807, 2.05) is 6.92 Å². The zero-order chi connectivity index (χ0) is 13.9. The minimum absolute atomic E-state index is 0.0750. The Kier molecular flexibility index (Phi) is 8.52. The molecule has 0 bridgehead atoms. The van der Waals surface area contributed by atoms with Crippen LogP contribution in [-0.4, -0.2) is 11.6 Å². The summed E-state index contributed by atoms with van der Waals surface area (Å²) in [6, 6.07) is 0. The number of carbonyl (C=O) groups is 1. The molecule has 3 nitrogen and oxygen atoms in total. The van der Waals surface area contributed by atoms with Gasteiger partial charge in [0, 0.05) is 12.1 Å². The summed E-state index contributed by atoms with van der Waals surface area (Å²) in [5.74, 6) is 0.717. The average molecular weight is 266 g/mol. The molecule has 1 rings (SSSR count). The van der Waals surface area contributed by atoms with Gasteiger partial charge in [0.05, 0.1) is 0 Å². The molecule has 1 fully saturated rings. The zero-order valence-electron chi connectivity index (χ0n) is 12.7. The number of nitrogens with zero attached hydrogens (tertiary/aromatic N) is 1. The van der Waals surface area contributed by atoms with E-state index in [0.717, 1.165) is 12.1 Å². The summed E-state index contributed by atoms with van der Waals surface area (Å²) in [5, 5.41) is 4.15. The second kappa shape index (κ2) is 9.99. The smallest absolute Gasteiger partial charge is 0.240 e. The fraction of sp³-hybridized carbons (Fsp3) is 0.875. The van der Waals surface area contributed by atoms with Crippen molar-refractivity contribution >= 4 is 11.6 Å². The summed E-state index contributed by atoms with van der Waals surface area (Å²) in [7, 11) is 0. The molecule has 0 atom stereocenters. The van der Waals surface area contributed by atoms with E-state index in [1.165, 1.54) is 57.8 Å². The molecule has 0 spiro atoms. The van der Waals surface area contributed by atoms with E-state index in [4.69, 9.17) is 0 Å². The Bertz CT molecular complexity index is 282. The molecule has 0 aromatic carbocycles. The Morgan fingerprint density at radius 1 is 1.05 bits per heavy atom. The van der Waals surface area contributed by atoms with Gasteiger partial charge in [0.25, 0.3) is 0 Å². The van der Waals surface area contributed by atoms with Crippen molar-refractivity contribution in [3.8, 4) is 0 Å². The summed E-state index contributed by atoms with van der Waals surface area (Å²) in [6.45, 7) is 4.25. The van der Waals surface area contributed by atoms with E-state index < -0.39 is 0 Å². The molecule has 0 aromatic heterocycles. The first-order chi connectivity index (χ1) is 9.24. The van der Waals surface area contributed by atoms with Crippen molar-refractivity contribution in [3.63, 3.8) is 0 Å². The highest BCUT2D eigenvalue weighted by Crippen LogP contribution is 2.30. The third-order valence-electron chi connectivity index (χ3n) is 3.78. The van der Waals surface area contributed by atoms with Gasteiger partial charge in [0.2, 0.25) is 5.91 Å². The fourth-order valence-corrected chi connectivity index (χ4v) is 2.22. The van der Waals surface area contributed by atoms with Crippen molar-refractivity contribution in [1.82, 2.24) is 5.43 Å². The number of rotatable bonds is 11. The SMILES string of the molecule is CCCCCCCCCCC(=O)NN=C(C)C1CC1. The molecule has 110 valence electrons. The minimum Gasteiger partial charge on any atom is -0.273 e. The Morgan fingerprint density at radius 2 is 1.63 bits per heavy atom. The van der Waals surface area contributed by atoms with Crippen LogP contribution in [0.3, 0.4) is 0 Å². The first kappa shape index (κ1) is 16.2. The van der Waals surface area contributed by atoms with Crippen molar-refractivity contribution in [1.29, 1.82) is 0 Å². The third-order valence-corrected chi connectivity index (χ3v) is 3.78. The molecule has 1 saturated carbocycles. The van der Waals surface area contributed by atoms with Crippen LogP contribution in [0.4, 0.5) is 0 Å². The van der Waals surface area contributed by atoms with E-state index in [9.17, 15) is 4.79 Å². The largest absolute Gasteiger partial charge is 0.273 e. The van der Waals surface area contributed by atoms with Gasteiger partial charge in [-0.1, -0.05) is 51.9 Å². The lowest BCUT2D eigenvalue weighted by Crippen LogP contribution is -2.18. The molecular weight excluding hydrogens is 236 g/mol. The van der Waals surface area contributed by atoms with Crippen LogP contribution in [0.5, 0.6) is 0 Å². The predicted molar refractivity (Wildman–Crippen MR) is 81.2 cm³/mol. The number of hydrazone groups is 1. The molecule has 1 aliphatic carbocycles. The molecule has 0 aromatic rings. The molecule has 19 heavy (non-hydrogen) atoms. The molecular formula is C16H30N2O. The van der Waals surface area contributed by atoms with Gasteiger partial charge in [-0.2, -0.15) is 5.10 Å². The number of nitrogens with one attached hydrogen (secondary N) is 1. The van der Waals surface area contributed by atoms with E-state index in [2.05, 4.69) is 17.5 Å². The van der Waals surface area contributed by atoms with Gasteiger partial charge >= 0.3 is 0 Å². The van der Waals surface area contributed by atoms with Gasteiger partial charge < -0.3 is 0 Å². The van der Waals surface area contributed by atoms with Gasteiger partial charge in [0.15, 0.2) is 0 Å². The predicted octanol–water partition coefficient (Wildman–Crippen LogP) is 4.42. The monoisotopic (exact) mass is 266 g/mol. The van der Waals surface area contributed by atoms with Gasteiger partial charge in [0.1, 0.15) is 0 Å². The van der Waals surface area contributed by atoms with Crippen molar-refractivity contribution in [2.75, 3.05) is 0 Å². The first-order valence-corrected chi connectivity index (χ1v) is 8.07. The fourth-order valence-electron chi connectivity index (χ4n) is 2.22. The highest BCUT2D eigenvalue weighted by Gasteiger charge is 2.24. The highest BCUT2D eigenvalue weighted by molar-refractivity contribution is 5.87. The van der Waals surface area contributed by atoms with Crippen molar-refractivity contribution in [2.24, 2.45) is 11.0 Å². The molecule has 0 saturated heterocycles. The number of unbranched alkanes of at least 4 members (excludes halogenated alkanes) is 7. The van der Waals surface area contributed by atoms with Crippen LogP contribution in [0.15, 0.2) is 5.10 Å². The quantitative estimate of drug-likeness (QED) is 0.336. The second-order valence-electron chi connectivity index (χ2n) is 5.79. The maximum absolute atomic E-state index is 11.5. The summed E-state index contributed by atoms with van der Waals surface area (Å²) in [4.78, 5) is 11.5. The minimum atomic E-state index is 0.0750. The second-order valence-corrected chi connectivity index (χ2v) is 5.79. The Morgan fingerprint density at radius 3 is 2.21 bits per heavy atom. The maximum Gasteiger partial charge on any atom is 0.240 e. The standard InChI is InChI=1S/C16H30N2O/c1-3-4-5-6-7-8-9-10-11-16(19)18-17-14(2)15-12-13-15/h15H,3-13H2,1-2H3,(H,18,19). The van der Waals surface area contributed by atoms with Crippen molar-refractivity contribution in [2.45, 2.75) is 84.5 Å². The topological polar surface area (TPSA) is 41.5 Å². The van der Waals surface area contributed by atoms with Gasteiger partial charge in [-0.05, 0) is 32.1 Å². The normalized spacial score (nSPS) is 15.6. The molecule has 0 aliphatic heterocycles. The van der Waals surface area contributed by atoms with Gasteiger partial charge in [-0.15, -0.1) is 0 Å². The lowest BCUT2D eigenvalue weighted by Gasteiger charge is -2.02. The molecule has 0 radical (unpaired) electrons. The Labute approximate surface area is 118 Å². The van der Waals surface area contributed by atoms with Crippen LogP contribution in [0, 0.1) is 5.92 Å². The van der Waals surface area contributed by atoms with Crippen LogP contribution in [-0.2, 0) is 4.79 Å². The van der Waals surface area contributed by atoms with Crippen LogP contribution in [0.25, 0.3) is 0 Å². The van der Waals surface area contributed by atoms with E-state index >= 15 is 0 Å². The lowest BCUT2D eigenvalue weighted by molar-refractivity contribution is -0.121. The highest BCUT2D eigenvalue weighted by atomic mass is 16.2. The van der Waals surface area contributed by atoms with Crippen LogP contribution < -0.4 is 5.43 Å². The summed E-state index contributed by atoms with van der Waals surface area (Å²) in [5.41, 5.74) is 3.76. The summed E-state index contributed by atoms with van der Waals surface area (Å²) < 4.78 is 0. The maximum atomic E-state index is 11.5. The van der Waals surface area contributed by atoms with Crippen molar-refractivity contribution in [3.05, 3.63) is 0 Å². The summed E-state index contributed by atoms with van der Waals surface area (Å²) >= 11 is 0. The van der Waals surface area contributed by atoms with Crippen LogP contribution in [0.2, 0.25) is 0 Å². The van der Waals surface area contributed by atoms with E-state index in [1.54, 1.807) is 0 Å². The van der Waals surface area contributed by atoms with Gasteiger partial charge in [-0.3, -0.25) is 4.79 Å².